The Kier molecular flexibility index (Phi) is 4.42. The van der Waals surface area contributed by atoms with Gasteiger partial charge in [0.2, 0.25) is 5.82 Å². The second-order valence-corrected chi connectivity index (χ2v) is 4.03. The van der Waals surface area contributed by atoms with E-state index in [1.807, 2.05) is 20.8 Å². The molecule has 6 heteroatoms. The zero-order chi connectivity index (χ0) is 12.1. The maximum absolute atomic E-state index is 11.7. The molecule has 2 N–H and O–H groups in total. The van der Waals surface area contributed by atoms with E-state index in [-0.39, 0.29) is 23.7 Å². The maximum atomic E-state index is 11.7. The zero-order valence-corrected chi connectivity index (χ0v) is 10.1. The molecule has 0 saturated heterocycles. The van der Waals surface area contributed by atoms with Crippen LogP contribution >= 0.6 is 0 Å². The molecule has 0 radical (unpaired) electrons. The Balaban J connectivity index is 2.59. The number of hydrogen-bond donors (Lipinski definition) is 2. The van der Waals surface area contributed by atoms with Crippen LogP contribution in [0.2, 0.25) is 0 Å². The molecule has 0 fully saturated rings. The lowest BCUT2D eigenvalue weighted by atomic mass is 10.2. The van der Waals surface area contributed by atoms with Gasteiger partial charge in [0.1, 0.15) is 5.82 Å². The van der Waals surface area contributed by atoms with Gasteiger partial charge in [-0.15, -0.1) is 5.10 Å². The van der Waals surface area contributed by atoms with E-state index in [1.54, 1.807) is 7.11 Å². The minimum Gasteiger partial charge on any atom is -0.383 e. The molecule has 0 aliphatic carbocycles. The first-order valence-electron chi connectivity index (χ1n) is 5.26. The highest BCUT2D eigenvalue weighted by Gasteiger charge is 2.15. The fraction of sp³-hybridized carbons (Fsp3) is 0.700. The highest BCUT2D eigenvalue weighted by molar-refractivity contribution is 5.90. The van der Waals surface area contributed by atoms with Crippen LogP contribution in [0.15, 0.2) is 0 Å². The van der Waals surface area contributed by atoms with Gasteiger partial charge in [0.15, 0.2) is 0 Å². The molecule has 1 atom stereocenters. The number of carbonyl (C=O) groups is 1. The maximum Gasteiger partial charge on any atom is 0.291 e. The Morgan fingerprint density at radius 1 is 1.50 bits per heavy atom. The Hall–Kier alpha value is -1.43. The molecule has 6 nitrogen and oxygen atoms in total. The molecule has 0 aliphatic rings. The third-order valence-corrected chi connectivity index (χ3v) is 2.05. The van der Waals surface area contributed by atoms with Crippen LogP contribution < -0.4 is 5.32 Å². The number of methoxy groups -OCH3 is 1. The van der Waals surface area contributed by atoms with Gasteiger partial charge in [-0.05, 0) is 6.92 Å². The second-order valence-electron chi connectivity index (χ2n) is 4.03. The third kappa shape index (κ3) is 3.30. The molecule has 1 rings (SSSR count). The second kappa shape index (κ2) is 5.60. The van der Waals surface area contributed by atoms with Gasteiger partial charge >= 0.3 is 0 Å². The van der Waals surface area contributed by atoms with Crippen LogP contribution in [-0.4, -0.2) is 40.8 Å². The fourth-order valence-electron chi connectivity index (χ4n) is 1.21. The number of carbonyl (C=O) groups excluding carboxylic acids is 1. The van der Waals surface area contributed by atoms with Crippen molar-refractivity contribution >= 4 is 5.91 Å². The van der Waals surface area contributed by atoms with Crippen molar-refractivity contribution in [2.45, 2.75) is 32.7 Å². The standard InChI is InChI=1S/C10H18N4O2/c1-6(2)8-12-9(14-13-8)10(15)11-7(3)5-16-4/h6-7H,5H2,1-4H3,(H,11,15)(H,12,13,14). The Morgan fingerprint density at radius 3 is 2.69 bits per heavy atom. The highest BCUT2D eigenvalue weighted by Crippen LogP contribution is 2.07. The molecule has 1 amide bonds. The fourth-order valence-corrected chi connectivity index (χ4v) is 1.21. The van der Waals surface area contributed by atoms with Crippen molar-refractivity contribution in [1.82, 2.24) is 20.5 Å². The molecule has 0 aliphatic heterocycles. The first-order chi connectivity index (χ1) is 7.54. The van der Waals surface area contributed by atoms with Crippen LogP contribution in [-0.2, 0) is 4.74 Å². The summed E-state index contributed by atoms with van der Waals surface area (Å²) in [6.07, 6.45) is 0. The molecular formula is C10H18N4O2. The van der Waals surface area contributed by atoms with Gasteiger partial charge in [-0.2, -0.15) is 0 Å². The number of aromatic nitrogens is 3. The molecule has 1 heterocycles. The normalized spacial score (nSPS) is 12.8. The molecule has 1 aromatic heterocycles. The molecule has 0 bridgehead atoms. The summed E-state index contributed by atoms with van der Waals surface area (Å²) >= 11 is 0. The van der Waals surface area contributed by atoms with Crippen molar-refractivity contribution in [2.75, 3.05) is 13.7 Å². The smallest absolute Gasteiger partial charge is 0.291 e. The van der Waals surface area contributed by atoms with E-state index >= 15 is 0 Å². The summed E-state index contributed by atoms with van der Waals surface area (Å²) in [6, 6.07) is -0.0569. The molecule has 0 aromatic carbocycles. The van der Waals surface area contributed by atoms with Gasteiger partial charge < -0.3 is 10.1 Å². The van der Waals surface area contributed by atoms with Crippen molar-refractivity contribution in [3.05, 3.63) is 11.6 Å². The van der Waals surface area contributed by atoms with Crippen LogP contribution in [0.25, 0.3) is 0 Å². The van der Waals surface area contributed by atoms with Crippen LogP contribution in [0, 0.1) is 0 Å². The van der Waals surface area contributed by atoms with Crippen molar-refractivity contribution in [3.63, 3.8) is 0 Å². The van der Waals surface area contributed by atoms with Gasteiger partial charge in [0.25, 0.3) is 5.91 Å². The quantitative estimate of drug-likeness (QED) is 0.774. The summed E-state index contributed by atoms with van der Waals surface area (Å²) in [7, 11) is 1.59. The van der Waals surface area contributed by atoms with Crippen LogP contribution in [0.3, 0.4) is 0 Å². The Morgan fingerprint density at radius 2 is 2.19 bits per heavy atom. The summed E-state index contributed by atoms with van der Waals surface area (Å²) in [5, 5.41) is 9.34. The van der Waals surface area contributed by atoms with Gasteiger partial charge in [0.05, 0.1) is 6.61 Å². The summed E-state index contributed by atoms with van der Waals surface area (Å²) in [4.78, 5) is 15.8. The number of H-pyrrole nitrogens is 1. The number of rotatable bonds is 5. The van der Waals surface area contributed by atoms with E-state index in [2.05, 4.69) is 20.5 Å². The van der Waals surface area contributed by atoms with Crippen molar-refractivity contribution in [1.29, 1.82) is 0 Å². The van der Waals surface area contributed by atoms with Crippen LogP contribution in [0.1, 0.15) is 43.1 Å². The lowest BCUT2D eigenvalue weighted by molar-refractivity contribution is 0.0895. The molecule has 1 aromatic rings. The number of ether oxygens (including phenoxy) is 1. The monoisotopic (exact) mass is 226 g/mol. The van der Waals surface area contributed by atoms with Gasteiger partial charge in [-0.25, -0.2) is 4.98 Å². The minimum atomic E-state index is -0.285. The van der Waals surface area contributed by atoms with E-state index < -0.39 is 0 Å². The topological polar surface area (TPSA) is 79.9 Å². The van der Waals surface area contributed by atoms with Gasteiger partial charge in [-0.3, -0.25) is 9.89 Å². The van der Waals surface area contributed by atoms with Crippen LogP contribution in [0.5, 0.6) is 0 Å². The summed E-state index contributed by atoms with van der Waals surface area (Å²) in [5.41, 5.74) is 0. The number of nitrogens with one attached hydrogen (secondary N) is 2. The molecule has 0 saturated carbocycles. The number of aromatic amines is 1. The summed E-state index contributed by atoms with van der Waals surface area (Å²) in [5.74, 6) is 0.828. The average Bonchev–Trinajstić information content (AvgIpc) is 2.66. The van der Waals surface area contributed by atoms with Crippen molar-refractivity contribution in [2.24, 2.45) is 0 Å². The molecule has 90 valence electrons. The number of hydrogen-bond acceptors (Lipinski definition) is 4. The van der Waals surface area contributed by atoms with Gasteiger partial charge in [0, 0.05) is 19.1 Å². The number of amides is 1. The third-order valence-electron chi connectivity index (χ3n) is 2.05. The number of nitrogens with zero attached hydrogens (tertiary/aromatic N) is 2. The SMILES string of the molecule is COCC(C)NC(=O)c1n[nH]c(C(C)C)n1. The van der Waals surface area contributed by atoms with Crippen LogP contribution in [0.4, 0.5) is 0 Å². The predicted octanol–water partition coefficient (Wildman–Crippen LogP) is 0.693. The lowest BCUT2D eigenvalue weighted by Gasteiger charge is -2.10. The van der Waals surface area contributed by atoms with E-state index in [4.69, 9.17) is 4.74 Å². The lowest BCUT2D eigenvalue weighted by Crippen LogP contribution is -2.36. The zero-order valence-electron chi connectivity index (χ0n) is 10.1. The van der Waals surface area contributed by atoms with Gasteiger partial charge in [-0.1, -0.05) is 13.8 Å². The summed E-state index contributed by atoms with van der Waals surface area (Å²) < 4.78 is 4.92. The van der Waals surface area contributed by atoms with Crippen molar-refractivity contribution < 1.29 is 9.53 Å². The van der Waals surface area contributed by atoms with Crippen molar-refractivity contribution in [3.8, 4) is 0 Å². The molecule has 16 heavy (non-hydrogen) atoms. The molecule has 1 unspecified atom stereocenters. The summed E-state index contributed by atoms with van der Waals surface area (Å²) in [6.45, 7) is 6.29. The minimum absolute atomic E-state index is 0.0569. The molecular weight excluding hydrogens is 208 g/mol. The first-order valence-corrected chi connectivity index (χ1v) is 5.26. The predicted molar refractivity (Wildman–Crippen MR) is 59.3 cm³/mol. The Bertz CT molecular complexity index is 348. The highest BCUT2D eigenvalue weighted by atomic mass is 16.5. The largest absolute Gasteiger partial charge is 0.383 e. The van der Waals surface area contributed by atoms with E-state index in [0.717, 1.165) is 0 Å². The molecule has 0 spiro atoms. The average molecular weight is 226 g/mol. The van der Waals surface area contributed by atoms with E-state index in [1.165, 1.54) is 0 Å². The Labute approximate surface area is 94.8 Å². The van der Waals surface area contributed by atoms with E-state index in [0.29, 0.717) is 12.4 Å². The van der Waals surface area contributed by atoms with E-state index in [9.17, 15) is 4.79 Å². The first kappa shape index (κ1) is 12.6.